The van der Waals surface area contributed by atoms with E-state index in [0.717, 1.165) is 0 Å². The van der Waals surface area contributed by atoms with E-state index in [2.05, 4.69) is 4.98 Å². The van der Waals surface area contributed by atoms with Gasteiger partial charge < -0.3 is 10.0 Å². The van der Waals surface area contributed by atoms with Gasteiger partial charge in [0.25, 0.3) is 5.56 Å². The molecule has 2 aromatic heterocycles. The summed E-state index contributed by atoms with van der Waals surface area (Å²) >= 11 is 1.40. The fourth-order valence-corrected chi connectivity index (χ4v) is 3.76. The second kappa shape index (κ2) is 6.11. The summed E-state index contributed by atoms with van der Waals surface area (Å²) in [5.41, 5.74) is -0.151. The van der Waals surface area contributed by atoms with Crippen molar-refractivity contribution in [2.24, 2.45) is 5.92 Å². The van der Waals surface area contributed by atoms with Gasteiger partial charge in [0.05, 0.1) is 17.6 Å². The molecule has 1 saturated heterocycles. The van der Waals surface area contributed by atoms with Crippen LogP contribution in [0.25, 0.3) is 10.2 Å². The van der Waals surface area contributed by atoms with E-state index in [9.17, 15) is 14.4 Å². The molecule has 1 N–H and O–H groups in total. The van der Waals surface area contributed by atoms with E-state index in [1.165, 1.54) is 22.2 Å². The van der Waals surface area contributed by atoms with Crippen LogP contribution in [0.2, 0.25) is 0 Å². The quantitative estimate of drug-likeness (QED) is 0.905. The maximum absolute atomic E-state index is 12.3. The van der Waals surface area contributed by atoms with Gasteiger partial charge in [0.1, 0.15) is 4.83 Å². The fraction of sp³-hybridized carbons (Fsp3) is 0.467. The number of nitrogens with zero attached hydrogens (tertiary/aromatic N) is 3. The molecule has 2 aromatic rings. The number of amides is 1. The molecule has 7 nitrogen and oxygen atoms in total. The van der Waals surface area contributed by atoms with Crippen LogP contribution in [0.5, 0.6) is 0 Å². The predicted molar refractivity (Wildman–Crippen MR) is 85.4 cm³/mol. The minimum Gasteiger partial charge on any atom is -0.481 e. The van der Waals surface area contributed by atoms with E-state index < -0.39 is 11.9 Å². The molecular weight excluding hydrogens is 318 g/mol. The summed E-state index contributed by atoms with van der Waals surface area (Å²) in [6.45, 7) is 2.46. The Labute approximate surface area is 136 Å². The molecular formula is C15H17N3O4S. The number of hydrogen-bond acceptors (Lipinski definition) is 5. The summed E-state index contributed by atoms with van der Waals surface area (Å²) in [6.07, 6.45) is 2.10. The minimum atomic E-state index is -0.865. The fourth-order valence-electron chi connectivity index (χ4n) is 3.03. The minimum absolute atomic E-state index is 0.126. The van der Waals surface area contributed by atoms with Crippen molar-refractivity contribution < 1.29 is 14.7 Å². The number of likely N-dealkylation sites (tertiary alicyclic amines) is 1. The highest BCUT2D eigenvalue weighted by atomic mass is 32.1. The Morgan fingerprint density at radius 1 is 1.48 bits per heavy atom. The Kier molecular flexibility index (Phi) is 4.16. The summed E-state index contributed by atoms with van der Waals surface area (Å²) in [5, 5.41) is 11.5. The zero-order valence-corrected chi connectivity index (χ0v) is 13.5. The third-order valence-electron chi connectivity index (χ3n) is 4.41. The molecule has 8 heteroatoms. The first-order chi connectivity index (χ1) is 11.0. The lowest BCUT2D eigenvalue weighted by Gasteiger charge is -2.23. The number of aryl methyl sites for hydroxylation is 1. The van der Waals surface area contributed by atoms with E-state index in [4.69, 9.17) is 5.11 Å². The summed E-state index contributed by atoms with van der Waals surface area (Å²) in [4.78, 5) is 42.2. The molecule has 0 aliphatic carbocycles. The van der Waals surface area contributed by atoms with Crippen molar-refractivity contribution in [2.75, 3.05) is 6.54 Å². The van der Waals surface area contributed by atoms with Crippen molar-refractivity contribution >= 4 is 33.4 Å². The van der Waals surface area contributed by atoms with Gasteiger partial charge in [0, 0.05) is 25.6 Å². The second-order valence-corrected chi connectivity index (χ2v) is 6.59. The molecule has 0 radical (unpaired) electrons. The molecule has 1 aliphatic heterocycles. The van der Waals surface area contributed by atoms with Crippen LogP contribution in [-0.4, -0.2) is 44.0 Å². The molecule has 3 heterocycles. The van der Waals surface area contributed by atoms with Crippen LogP contribution in [0.3, 0.4) is 0 Å². The van der Waals surface area contributed by atoms with Gasteiger partial charge in [-0.25, -0.2) is 4.98 Å². The van der Waals surface area contributed by atoms with Crippen molar-refractivity contribution in [3.8, 4) is 0 Å². The highest BCUT2D eigenvalue weighted by Crippen LogP contribution is 2.25. The van der Waals surface area contributed by atoms with Crippen LogP contribution >= 0.6 is 11.3 Å². The lowest BCUT2D eigenvalue weighted by Crippen LogP contribution is -2.38. The number of thiophene rings is 1. The zero-order valence-electron chi connectivity index (χ0n) is 12.6. The van der Waals surface area contributed by atoms with Gasteiger partial charge in [-0.15, -0.1) is 11.3 Å². The van der Waals surface area contributed by atoms with E-state index in [0.29, 0.717) is 23.2 Å². The van der Waals surface area contributed by atoms with Gasteiger partial charge in [-0.05, 0) is 24.8 Å². The molecule has 1 amide bonds. The second-order valence-electron chi connectivity index (χ2n) is 5.69. The summed E-state index contributed by atoms with van der Waals surface area (Å²) < 4.78 is 1.43. The standard InChI is InChI=1S/C15H17N3O4S/c1-9-10(15(21)22)2-6-18(9)12(19)3-5-17-8-16-13-11(14(17)20)4-7-23-13/h4,7-10H,2-3,5-6H2,1H3,(H,21,22). The van der Waals surface area contributed by atoms with Crippen molar-refractivity contribution in [1.29, 1.82) is 0 Å². The van der Waals surface area contributed by atoms with Crippen LogP contribution < -0.4 is 5.56 Å². The maximum atomic E-state index is 12.3. The molecule has 3 rings (SSSR count). The molecule has 23 heavy (non-hydrogen) atoms. The van der Waals surface area contributed by atoms with Crippen LogP contribution in [0, 0.1) is 5.92 Å². The van der Waals surface area contributed by atoms with Gasteiger partial charge in [0.15, 0.2) is 0 Å². The average Bonchev–Trinajstić information content (AvgIpc) is 3.13. The van der Waals surface area contributed by atoms with Crippen molar-refractivity contribution in [3.05, 3.63) is 28.1 Å². The van der Waals surface area contributed by atoms with Crippen LogP contribution in [0.15, 0.2) is 22.6 Å². The summed E-state index contributed by atoms with van der Waals surface area (Å²) in [5.74, 6) is -1.50. The number of carboxylic acid groups (broad SMARTS) is 1. The average molecular weight is 335 g/mol. The molecule has 2 unspecified atom stereocenters. The zero-order chi connectivity index (χ0) is 16.6. The first-order valence-corrected chi connectivity index (χ1v) is 8.32. The molecule has 1 aliphatic rings. The number of fused-ring (bicyclic) bond motifs is 1. The van der Waals surface area contributed by atoms with Gasteiger partial charge in [0.2, 0.25) is 5.91 Å². The Hall–Kier alpha value is -2.22. The topological polar surface area (TPSA) is 92.5 Å². The van der Waals surface area contributed by atoms with Crippen molar-refractivity contribution in [1.82, 2.24) is 14.5 Å². The first-order valence-electron chi connectivity index (χ1n) is 7.44. The highest BCUT2D eigenvalue weighted by molar-refractivity contribution is 7.16. The summed E-state index contributed by atoms with van der Waals surface area (Å²) in [7, 11) is 0. The molecule has 122 valence electrons. The molecule has 2 atom stereocenters. The van der Waals surface area contributed by atoms with Gasteiger partial charge in [-0.1, -0.05) is 0 Å². The smallest absolute Gasteiger partial charge is 0.308 e. The normalized spacial score (nSPS) is 21.0. The number of aliphatic carboxylic acids is 1. The monoisotopic (exact) mass is 335 g/mol. The SMILES string of the molecule is CC1C(C(=O)O)CCN1C(=O)CCn1cnc2sccc2c1=O. The van der Waals surface area contributed by atoms with Crippen LogP contribution in [-0.2, 0) is 16.1 Å². The number of carboxylic acids is 1. The molecule has 0 spiro atoms. The third-order valence-corrected chi connectivity index (χ3v) is 5.23. The number of carbonyl (C=O) groups excluding carboxylic acids is 1. The number of rotatable bonds is 4. The summed E-state index contributed by atoms with van der Waals surface area (Å²) in [6, 6.07) is 1.42. The van der Waals surface area contributed by atoms with Gasteiger partial charge in [-0.2, -0.15) is 0 Å². The number of aromatic nitrogens is 2. The third kappa shape index (κ3) is 2.86. The Morgan fingerprint density at radius 3 is 2.96 bits per heavy atom. The Morgan fingerprint density at radius 2 is 2.26 bits per heavy atom. The lowest BCUT2D eigenvalue weighted by molar-refractivity contribution is -0.143. The molecule has 0 bridgehead atoms. The lowest BCUT2D eigenvalue weighted by atomic mass is 10.0. The Bertz CT molecular complexity index is 812. The van der Waals surface area contributed by atoms with Crippen LogP contribution in [0.4, 0.5) is 0 Å². The van der Waals surface area contributed by atoms with Crippen molar-refractivity contribution in [3.63, 3.8) is 0 Å². The van der Waals surface area contributed by atoms with Gasteiger partial charge >= 0.3 is 5.97 Å². The van der Waals surface area contributed by atoms with Crippen molar-refractivity contribution in [2.45, 2.75) is 32.4 Å². The van der Waals surface area contributed by atoms with E-state index in [1.807, 2.05) is 5.38 Å². The first kappa shape index (κ1) is 15.7. The number of carbonyl (C=O) groups is 2. The molecule has 0 saturated carbocycles. The number of hydrogen-bond donors (Lipinski definition) is 1. The highest BCUT2D eigenvalue weighted by Gasteiger charge is 2.37. The Balaban J connectivity index is 1.68. The van der Waals surface area contributed by atoms with Crippen LogP contribution in [0.1, 0.15) is 19.8 Å². The van der Waals surface area contributed by atoms with E-state index in [1.54, 1.807) is 17.9 Å². The van der Waals surface area contributed by atoms with E-state index in [-0.39, 0.29) is 30.5 Å². The van der Waals surface area contributed by atoms with E-state index >= 15 is 0 Å². The maximum Gasteiger partial charge on any atom is 0.308 e. The van der Waals surface area contributed by atoms with Gasteiger partial charge in [-0.3, -0.25) is 19.0 Å². The molecule has 1 fully saturated rings. The molecule has 0 aromatic carbocycles. The predicted octanol–water partition coefficient (Wildman–Crippen LogP) is 1.17. The largest absolute Gasteiger partial charge is 0.481 e.